The molecule has 6 heteroatoms. The lowest BCUT2D eigenvalue weighted by Crippen LogP contribution is -2.52. The molecule has 2 N–H and O–H groups in total. The molecule has 1 heterocycles. The Bertz CT molecular complexity index is 275. The van der Waals surface area contributed by atoms with Gasteiger partial charge in [0.25, 0.3) is 0 Å². The molecule has 0 unspecified atom stereocenters. The molecule has 0 saturated carbocycles. The number of ether oxygens (including phenoxy) is 1. The molecule has 1 aliphatic rings. The molecule has 0 aliphatic carbocycles. The van der Waals surface area contributed by atoms with E-state index in [9.17, 15) is 9.59 Å². The second kappa shape index (κ2) is 6.56. The zero-order valence-corrected chi connectivity index (χ0v) is 10.5. The number of amides is 1. The second-order valence-electron chi connectivity index (χ2n) is 4.35. The highest BCUT2D eigenvalue weighted by molar-refractivity contribution is 5.82. The number of rotatable bonds is 4. The minimum absolute atomic E-state index is 0.0676. The maximum Gasteiger partial charge on any atom is 0.305 e. The van der Waals surface area contributed by atoms with E-state index >= 15 is 0 Å². The van der Waals surface area contributed by atoms with Gasteiger partial charge in [0.2, 0.25) is 5.91 Å². The molecule has 0 radical (unpaired) electrons. The topological polar surface area (TPSA) is 75.9 Å². The first-order valence-electron chi connectivity index (χ1n) is 5.84. The highest BCUT2D eigenvalue weighted by Gasteiger charge is 2.24. The first-order valence-corrected chi connectivity index (χ1v) is 5.84. The van der Waals surface area contributed by atoms with Gasteiger partial charge in [0.1, 0.15) is 0 Å². The summed E-state index contributed by atoms with van der Waals surface area (Å²) in [6.45, 7) is 3.16. The molecular formula is C11H21N3O3. The van der Waals surface area contributed by atoms with Crippen molar-refractivity contribution in [3.8, 4) is 0 Å². The lowest BCUT2D eigenvalue weighted by molar-refractivity contribution is -0.141. The van der Waals surface area contributed by atoms with Crippen molar-refractivity contribution in [3.05, 3.63) is 0 Å². The fourth-order valence-corrected chi connectivity index (χ4v) is 1.76. The van der Waals surface area contributed by atoms with Crippen LogP contribution < -0.4 is 5.73 Å². The third kappa shape index (κ3) is 4.32. The Morgan fingerprint density at radius 3 is 2.41 bits per heavy atom. The molecule has 6 nitrogen and oxygen atoms in total. The van der Waals surface area contributed by atoms with Crippen molar-refractivity contribution >= 4 is 11.9 Å². The summed E-state index contributed by atoms with van der Waals surface area (Å²) in [4.78, 5) is 26.8. The molecule has 1 rings (SSSR count). The van der Waals surface area contributed by atoms with Crippen LogP contribution in [0.3, 0.4) is 0 Å². The van der Waals surface area contributed by atoms with E-state index in [4.69, 9.17) is 5.73 Å². The Hall–Kier alpha value is -1.14. The summed E-state index contributed by atoms with van der Waals surface area (Å²) >= 11 is 0. The van der Waals surface area contributed by atoms with E-state index in [1.54, 1.807) is 4.90 Å². The van der Waals surface area contributed by atoms with Crippen molar-refractivity contribution in [1.29, 1.82) is 0 Å². The first kappa shape index (κ1) is 13.9. The summed E-state index contributed by atoms with van der Waals surface area (Å²) in [6.07, 6.45) is 0.537. The number of esters is 1. The maximum atomic E-state index is 11.9. The van der Waals surface area contributed by atoms with Crippen LogP contribution in [0.15, 0.2) is 0 Å². The van der Waals surface area contributed by atoms with Gasteiger partial charge in [-0.3, -0.25) is 9.59 Å². The number of likely N-dealkylation sites (N-methyl/N-ethyl adjacent to an activating group) is 1. The minimum atomic E-state index is -0.600. The largest absolute Gasteiger partial charge is 0.469 e. The molecular weight excluding hydrogens is 222 g/mol. The molecule has 1 amide bonds. The number of nitrogens with two attached hydrogens (primary N) is 1. The summed E-state index contributed by atoms with van der Waals surface area (Å²) in [5.41, 5.74) is 5.77. The van der Waals surface area contributed by atoms with Crippen LogP contribution >= 0.6 is 0 Å². The summed E-state index contributed by atoms with van der Waals surface area (Å²) in [6, 6.07) is -0.600. The van der Waals surface area contributed by atoms with E-state index in [0.29, 0.717) is 19.5 Å². The third-order valence-corrected chi connectivity index (χ3v) is 3.02. The normalized spacial score (nSPS) is 18.9. The van der Waals surface area contributed by atoms with Gasteiger partial charge in [0.15, 0.2) is 0 Å². The van der Waals surface area contributed by atoms with Gasteiger partial charge >= 0.3 is 5.97 Å². The van der Waals surface area contributed by atoms with Gasteiger partial charge in [0, 0.05) is 32.6 Å². The zero-order chi connectivity index (χ0) is 12.8. The predicted molar refractivity (Wildman–Crippen MR) is 63.3 cm³/mol. The monoisotopic (exact) mass is 243 g/mol. The average molecular weight is 243 g/mol. The van der Waals surface area contributed by atoms with Gasteiger partial charge in [-0.05, 0) is 13.5 Å². The molecule has 0 spiro atoms. The maximum absolute atomic E-state index is 11.9. The van der Waals surface area contributed by atoms with Crippen molar-refractivity contribution in [2.24, 2.45) is 5.73 Å². The second-order valence-corrected chi connectivity index (χ2v) is 4.35. The van der Waals surface area contributed by atoms with Gasteiger partial charge < -0.3 is 20.3 Å². The Morgan fingerprint density at radius 1 is 1.29 bits per heavy atom. The number of piperazine rings is 1. The van der Waals surface area contributed by atoms with Crippen LogP contribution in [0.4, 0.5) is 0 Å². The fraction of sp³-hybridized carbons (Fsp3) is 0.818. The Balaban J connectivity index is 2.33. The van der Waals surface area contributed by atoms with Crippen LogP contribution in [0.5, 0.6) is 0 Å². The van der Waals surface area contributed by atoms with Crippen LogP contribution in [0, 0.1) is 0 Å². The van der Waals surface area contributed by atoms with Crippen molar-refractivity contribution in [2.45, 2.75) is 18.9 Å². The van der Waals surface area contributed by atoms with Crippen LogP contribution in [0.2, 0.25) is 0 Å². The summed E-state index contributed by atoms with van der Waals surface area (Å²) < 4.78 is 4.51. The number of carbonyl (C=O) groups is 2. The summed E-state index contributed by atoms with van der Waals surface area (Å²) in [5.74, 6) is -0.395. The Labute approximate surface area is 102 Å². The first-order chi connectivity index (χ1) is 8.04. The van der Waals surface area contributed by atoms with Crippen LogP contribution in [-0.2, 0) is 14.3 Å². The highest BCUT2D eigenvalue weighted by atomic mass is 16.5. The molecule has 1 fully saturated rings. The van der Waals surface area contributed by atoms with E-state index < -0.39 is 6.04 Å². The molecule has 1 aliphatic heterocycles. The molecule has 1 atom stereocenters. The molecule has 0 aromatic heterocycles. The molecule has 98 valence electrons. The number of hydrogen-bond donors (Lipinski definition) is 1. The minimum Gasteiger partial charge on any atom is -0.469 e. The van der Waals surface area contributed by atoms with Gasteiger partial charge in [0.05, 0.1) is 13.2 Å². The average Bonchev–Trinajstić information content (AvgIpc) is 2.35. The van der Waals surface area contributed by atoms with Gasteiger partial charge in [-0.2, -0.15) is 0 Å². The SMILES string of the molecule is COC(=O)CC[C@H](N)C(=O)N1CCN(C)CC1. The van der Waals surface area contributed by atoms with Gasteiger partial charge in [-0.1, -0.05) is 0 Å². The molecule has 0 aromatic rings. The summed E-state index contributed by atoms with van der Waals surface area (Å²) in [7, 11) is 3.36. The van der Waals surface area contributed by atoms with Gasteiger partial charge in [-0.25, -0.2) is 0 Å². The molecule has 0 bridgehead atoms. The van der Waals surface area contributed by atoms with Crippen LogP contribution in [-0.4, -0.2) is 68.1 Å². The highest BCUT2D eigenvalue weighted by Crippen LogP contribution is 2.05. The number of hydrogen-bond acceptors (Lipinski definition) is 5. The van der Waals surface area contributed by atoms with Crippen molar-refractivity contribution in [2.75, 3.05) is 40.3 Å². The standard InChI is InChI=1S/C11H21N3O3/c1-13-5-7-14(8-6-13)11(16)9(12)3-4-10(15)17-2/h9H,3-8,12H2,1-2H3/t9-/m0/s1. The Morgan fingerprint density at radius 2 is 1.88 bits per heavy atom. The van der Waals surface area contributed by atoms with Crippen LogP contribution in [0.1, 0.15) is 12.8 Å². The number of nitrogens with zero attached hydrogens (tertiary/aromatic N) is 2. The Kier molecular flexibility index (Phi) is 5.37. The fourth-order valence-electron chi connectivity index (χ4n) is 1.76. The van der Waals surface area contributed by atoms with Crippen molar-refractivity contribution < 1.29 is 14.3 Å². The van der Waals surface area contributed by atoms with E-state index in [-0.39, 0.29) is 18.3 Å². The van der Waals surface area contributed by atoms with E-state index in [1.807, 2.05) is 7.05 Å². The molecule has 1 saturated heterocycles. The summed E-state index contributed by atoms with van der Waals surface area (Å²) in [5, 5.41) is 0. The van der Waals surface area contributed by atoms with E-state index in [1.165, 1.54) is 7.11 Å². The molecule has 17 heavy (non-hydrogen) atoms. The van der Waals surface area contributed by atoms with E-state index in [2.05, 4.69) is 9.64 Å². The number of carbonyl (C=O) groups excluding carboxylic acids is 2. The van der Waals surface area contributed by atoms with Crippen LogP contribution in [0.25, 0.3) is 0 Å². The smallest absolute Gasteiger partial charge is 0.305 e. The van der Waals surface area contributed by atoms with E-state index in [0.717, 1.165) is 13.1 Å². The number of methoxy groups -OCH3 is 1. The van der Waals surface area contributed by atoms with Gasteiger partial charge in [-0.15, -0.1) is 0 Å². The zero-order valence-electron chi connectivity index (χ0n) is 10.5. The van der Waals surface area contributed by atoms with Crippen molar-refractivity contribution in [3.63, 3.8) is 0 Å². The quantitative estimate of drug-likeness (QED) is 0.644. The predicted octanol–water partition coefficient (Wildman–Crippen LogP) is -0.959. The third-order valence-electron chi connectivity index (χ3n) is 3.02. The lowest BCUT2D eigenvalue weighted by atomic mass is 10.1. The molecule has 0 aromatic carbocycles. The van der Waals surface area contributed by atoms with Crippen molar-refractivity contribution in [1.82, 2.24) is 9.80 Å². The lowest BCUT2D eigenvalue weighted by Gasteiger charge is -2.33.